The van der Waals surface area contributed by atoms with Gasteiger partial charge >= 0.3 is 6.09 Å². The molecule has 7 heteroatoms. The molecule has 0 unspecified atom stereocenters. The molecule has 0 bridgehead atoms. The second-order valence-electron chi connectivity index (χ2n) is 14.4. The molecular weight excluding hydrogens is 652 g/mol. The van der Waals surface area contributed by atoms with Gasteiger partial charge in [0.25, 0.3) is 0 Å². The molecule has 1 N–H and O–H groups in total. The van der Waals surface area contributed by atoms with Crippen molar-refractivity contribution in [3.63, 3.8) is 0 Å². The average Bonchev–Trinajstić information content (AvgIpc) is 3.39. The lowest BCUT2D eigenvalue weighted by Crippen LogP contribution is -2.37. The maximum absolute atomic E-state index is 12.1. The third-order valence-electron chi connectivity index (χ3n) is 10.7. The molecule has 2 aliphatic carbocycles. The number of carbonyl (C=O) groups is 1. The van der Waals surface area contributed by atoms with Gasteiger partial charge in [-0.05, 0) is 149 Å². The van der Waals surface area contributed by atoms with Crippen LogP contribution in [0, 0.1) is 20.8 Å². The lowest BCUT2D eigenvalue weighted by atomic mass is 9.88. The van der Waals surface area contributed by atoms with Gasteiger partial charge in [0.15, 0.2) is 0 Å². The molecule has 2 saturated heterocycles. The number of hydrogen-bond acceptors (Lipinski definition) is 5. The Morgan fingerprint density at radius 1 is 0.686 bits per heavy atom. The van der Waals surface area contributed by atoms with Gasteiger partial charge in [-0.1, -0.05) is 64.7 Å². The molecule has 2 aliphatic heterocycles. The SMILES string of the molecule is CCOC(=O)N1CCC(=C2c3ccc(C)cc3CCc3cc(C)cnc32)CC1.Cc1cnc2c(c1)CCc1cc(Cl)ccc1C2=C1CCNCC1. The molecule has 1 amide bonds. The first kappa shape index (κ1) is 35.2. The zero-order chi connectivity index (χ0) is 35.5. The van der Waals surface area contributed by atoms with Gasteiger partial charge < -0.3 is 15.0 Å². The van der Waals surface area contributed by atoms with Crippen LogP contribution in [0.15, 0.2) is 72.1 Å². The number of nitrogens with one attached hydrogen (secondary N) is 1. The summed E-state index contributed by atoms with van der Waals surface area (Å²) in [7, 11) is 0. The molecule has 0 saturated carbocycles. The molecule has 0 spiro atoms. The highest BCUT2D eigenvalue weighted by Crippen LogP contribution is 2.40. The monoisotopic (exact) mass is 700 g/mol. The number of fused-ring (bicyclic) bond motifs is 4. The molecule has 2 aromatic heterocycles. The van der Waals surface area contributed by atoms with E-state index in [1.54, 1.807) is 0 Å². The van der Waals surface area contributed by atoms with Crippen LogP contribution < -0.4 is 5.32 Å². The van der Waals surface area contributed by atoms with Gasteiger partial charge in [-0.15, -0.1) is 0 Å². The van der Waals surface area contributed by atoms with Crippen LogP contribution in [0.3, 0.4) is 0 Å². The Kier molecular flexibility index (Phi) is 10.7. The number of nitrogens with zero attached hydrogens (tertiary/aromatic N) is 3. The summed E-state index contributed by atoms with van der Waals surface area (Å²) in [5.41, 5.74) is 19.8. The third kappa shape index (κ3) is 7.68. The highest BCUT2D eigenvalue weighted by Gasteiger charge is 2.27. The van der Waals surface area contributed by atoms with Crippen LogP contribution in [0.2, 0.25) is 5.02 Å². The summed E-state index contributed by atoms with van der Waals surface area (Å²) in [4.78, 5) is 23.6. The van der Waals surface area contributed by atoms with Gasteiger partial charge in [0.2, 0.25) is 0 Å². The number of pyridine rings is 2. The summed E-state index contributed by atoms with van der Waals surface area (Å²) >= 11 is 6.26. The number of aromatic nitrogens is 2. The molecule has 6 nitrogen and oxygen atoms in total. The molecular formula is C44H49ClN4O2. The van der Waals surface area contributed by atoms with Gasteiger partial charge in [-0.2, -0.15) is 0 Å². The van der Waals surface area contributed by atoms with E-state index in [2.05, 4.69) is 68.6 Å². The van der Waals surface area contributed by atoms with E-state index in [0.717, 1.165) is 75.2 Å². The van der Waals surface area contributed by atoms with Crippen molar-refractivity contribution < 1.29 is 9.53 Å². The van der Waals surface area contributed by atoms with Crippen molar-refractivity contribution in [2.24, 2.45) is 0 Å². The Morgan fingerprint density at radius 2 is 1.20 bits per heavy atom. The van der Waals surface area contributed by atoms with Gasteiger partial charge in [0.1, 0.15) is 0 Å². The molecule has 4 heterocycles. The minimum Gasteiger partial charge on any atom is -0.450 e. The summed E-state index contributed by atoms with van der Waals surface area (Å²) in [6.45, 7) is 12.2. The predicted octanol–water partition coefficient (Wildman–Crippen LogP) is 9.18. The number of aryl methyl sites for hydroxylation is 7. The predicted molar refractivity (Wildman–Crippen MR) is 207 cm³/mol. The van der Waals surface area contributed by atoms with E-state index in [-0.39, 0.29) is 6.09 Å². The van der Waals surface area contributed by atoms with E-state index in [4.69, 9.17) is 26.3 Å². The van der Waals surface area contributed by atoms with Gasteiger partial charge in [-0.3, -0.25) is 9.97 Å². The van der Waals surface area contributed by atoms with E-state index in [1.807, 2.05) is 30.3 Å². The molecule has 4 aliphatic rings. The second kappa shape index (κ2) is 15.5. The summed E-state index contributed by atoms with van der Waals surface area (Å²) in [6.07, 6.45) is 11.9. The van der Waals surface area contributed by atoms with Crippen molar-refractivity contribution in [3.05, 3.63) is 139 Å². The van der Waals surface area contributed by atoms with E-state index in [1.165, 1.54) is 78.1 Å². The number of hydrogen-bond donors (Lipinski definition) is 1. The fourth-order valence-electron chi connectivity index (χ4n) is 8.19. The van der Waals surface area contributed by atoms with E-state index >= 15 is 0 Å². The van der Waals surface area contributed by atoms with Crippen LogP contribution in [0.25, 0.3) is 11.1 Å². The summed E-state index contributed by atoms with van der Waals surface area (Å²) in [5, 5.41) is 4.29. The summed E-state index contributed by atoms with van der Waals surface area (Å²) in [6, 6.07) is 17.7. The van der Waals surface area contributed by atoms with Crippen molar-refractivity contribution in [2.75, 3.05) is 32.8 Å². The minimum absolute atomic E-state index is 0.197. The zero-order valence-electron chi connectivity index (χ0n) is 30.5. The standard InChI is InChI=1S/C24H28N2O2.C20H21ClN2/c1-4-28-24(27)26-11-9-18(10-12-26)22-21-8-5-16(2)13-19(21)6-7-20-14-17(3)15-25-23(20)22;1-13-10-16-3-2-15-11-17(21)4-5-18(15)19(20(16)23-12-13)14-6-8-22-9-7-14/h5,8,13-15H,4,6-7,9-12H2,1-3H3;4-5,10-12,22H,2-3,6-9H2,1H3. The van der Waals surface area contributed by atoms with Crippen LogP contribution in [-0.2, 0) is 30.4 Å². The topological polar surface area (TPSA) is 67.3 Å². The van der Waals surface area contributed by atoms with E-state index in [0.29, 0.717) is 19.7 Å². The number of likely N-dealkylation sites (tertiary alicyclic amines) is 1. The van der Waals surface area contributed by atoms with Crippen molar-refractivity contribution in [1.82, 2.24) is 20.2 Å². The van der Waals surface area contributed by atoms with Crippen molar-refractivity contribution >= 4 is 28.8 Å². The lowest BCUT2D eigenvalue weighted by Gasteiger charge is -2.29. The zero-order valence-corrected chi connectivity index (χ0v) is 31.3. The molecule has 0 radical (unpaired) electrons. The number of halogens is 1. The van der Waals surface area contributed by atoms with Crippen LogP contribution in [0.5, 0.6) is 0 Å². The molecule has 4 aromatic rings. The highest BCUT2D eigenvalue weighted by molar-refractivity contribution is 6.30. The Labute approximate surface area is 308 Å². The third-order valence-corrected chi connectivity index (χ3v) is 10.9. The Hall–Kier alpha value is -4.26. The Morgan fingerprint density at radius 3 is 1.78 bits per heavy atom. The Bertz CT molecular complexity index is 1900. The van der Waals surface area contributed by atoms with Crippen LogP contribution in [-0.4, -0.2) is 53.7 Å². The molecule has 0 atom stereocenters. The number of carbonyl (C=O) groups excluding carboxylic acids is 1. The first-order chi connectivity index (χ1) is 24.8. The second-order valence-corrected chi connectivity index (χ2v) is 14.8. The maximum atomic E-state index is 12.1. The first-order valence-electron chi connectivity index (χ1n) is 18.7. The van der Waals surface area contributed by atoms with E-state index in [9.17, 15) is 4.79 Å². The van der Waals surface area contributed by atoms with Crippen molar-refractivity contribution in [3.8, 4) is 0 Å². The maximum Gasteiger partial charge on any atom is 0.409 e. The lowest BCUT2D eigenvalue weighted by molar-refractivity contribution is 0.104. The number of ether oxygens (including phenoxy) is 1. The average molecular weight is 701 g/mol. The van der Waals surface area contributed by atoms with Crippen LogP contribution >= 0.6 is 11.6 Å². The van der Waals surface area contributed by atoms with Crippen LogP contribution in [0.1, 0.15) is 94.1 Å². The molecule has 264 valence electrons. The number of amides is 1. The molecule has 2 fully saturated rings. The number of piperidine rings is 2. The molecule has 2 aromatic carbocycles. The fourth-order valence-corrected chi connectivity index (χ4v) is 8.38. The molecule has 8 rings (SSSR count). The number of rotatable bonds is 1. The smallest absolute Gasteiger partial charge is 0.409 e. The van der Waals surface area contributed by atoms with Crippen molar-refractivity contribution in [2.45, 2.75) is 79.1 Å². The molecule has 51 heavy (non-hydrogen) atoms. The normalized spacial score (nSPS) is 16.8. The number of benzene rings is 2. The quantitative estimate of drug-likeness (QED) is 0.215. The van der Waals surface area contributed by atoms with E-state index < -0.39 is 0 Å². The van der Waals surface area contributed by atoms with Crippen LogP contribution in [0.4, 0.5) is 4.79 Å². The minimum atomic E-state index is -0.197. The largest absolute Gasteiger partial charge is 0.450 e. The highest BCUT2D eigenvalue weighted by atomic mass is 35.5. The van der Waals surface area contributed by atoms with Crippen molar-refractivity contribution in [1.29, 1.82) is 0 Å². The van der Waals surface area contributed by atoms with Gasteiger partial charge in [0, 0.05) is 41.7 Å². The van der Waals surface area contributed by atoms with Gasteiger partial charge in [-0.25, -0.2) is 4.79 Å². The Balaban J connectivity index is 0.000000162. The summed E-state index contributed by atoms with van der Waals surface area (Å²) in [5.74, 6) is 0. The first-order valence-corrected chi connectivity index (χ1v) is 19.0. The van der Waals surface area contributed by atoms with Gasteiger partial charge in [0.05, 0.1) is 18.0 Å². The summed E-state index contributed by atoms with van der Waals surface area (Å²) < 4.78 is 5.18. The fraction of sp³-hybridized carbons (Fsp3) is 0.386.